The van der Waals surface area contributed by atoms with Gasteiger partial charge < -0.3 is 9.47 Å². The Morgan fingerprint density at radius 2 is 2.53 bits per heavy atom. The van der Waals surface area contributed by atoms with Gasteiger partial charge in [0, 0.05) is 24.7 Å². The molecule has 1 aromatic rings. The zero-order chi connectivity index (χ0) is 12.9. The molecule has 19 heavy (non-hydrogen) atoms. The number of ether oxygens (including phenoxy) is 2. The Kier molecular flexibility index (Phi) is 2.38. The van der Waals surface area contributed by atoms with E-state index in [-0.39, 0.29) is 11.2 Å². The molecule has 0 aromatic carbocycles. The molecule has 0 radical (unpaired) electrons. The van der Waals surface area contributed by atoms with E-state index in [4.69, 9.17) is 21.7 Å². The quantitative estimate of drug-likeness (QED) is 0.472. The van der Waals surface area contributed by atoms with Gasteiger partial charge in [-0.1, -0.05) is 12.2 Å². The second-order valence-corrected chi connectivity index (χ2v) is 5.99. The molecule has 5 heteroatoms. The molecule has 1 saturated carbocycles. The van der Waals surface area contributed by atoms with Crippen molar-refractivity contribution in [3.63, 3.8) is 0 Å². The Morgan fingerprint density at radius 1 is 1.58 bits per heavy atom. The first kappa shape index (κ1) is 11.6. The first-order valence-electron chi connectivity index (χ1n) is 6.78. The van der Waals surface area contributed by atoms with Crippen molar-refractivity contribution >= 4 is 17.4 Å². The van der Waals surface area contributed by atoms with Crippen LogP contribution < -0.4 is 0 Å². The summed E-state index contributed by atoms with van der Waals surface area (Å²) >= 11 is 5.26. The number of epoxide rings is 1. The van der Waals surface area contributed by atoms with E-state index in [0.717, 1.165) is 12.8 Å². The second kappa shape index (κ2) is 3.90. The minimum Gasteiger partial charge on any atom is -0.467 e. The van der Waals surface area contributed by atoms with E-state index in [1.54, 1.807) is 23.3 Å². The molecule has 3 unspecified atom stereocenters. The normalized spacial score (nSPS) is 38.6. The van der Waals surface area contributed by atoms with Gasteiger partial charge in [0.15, 0.2) is 0 Å². The third-order valence-corrected chi connectivity index (χ3v) is 5.06. The highest BCUT2D eigenvalue weighted by Crippen LogP contribution is 2.64. The monoisotopic (exact) mass is 276 g/mol. The highest BCUT2D eigenvalue weighted by atomic mass is 32.1. The zero-order valence-corrected chi connectivity index (χ0v) is 11.4. The number of thiocarbonyl (C=S) groups is 1. The van der Waals surface area contributed by atoms with Gasteiger partial charge >= 0.3 is 0 Å². The lowest BCUT2D eigenvalue weighted by atomic mass is 9.78. The van der Waals surface area contributed by atoms with Crippen LogP contribution in [0.15, 0.2) is 30.9 Å². The average molecular weight is 276 g/mol. The molecular formula is C14H16N2O2S. The largest absolute Gasteiger partial charge is 0.467 e. The van der Waals surface area contributed by atoms with Crippen LogP contribution in [0.3, 0.4) is 0 Å². The van der Waals surface area contributed by atoms with Crippen LogP contribution in [0.2, 0.25) is 0 Å². The maximum absolute atomic E-state index is 6.17. The second-order valence-electron chi connectivity index (χ2n) is 5.64. The van der Waals surface area contributed by atoms with E-state index in [0.29, 0.717) is 17.7 Å². The molecule has 1 aliphatic heterocycles. The van der Waals surface area contributed by atoms with Gasteiger partial charge in [-0.25, -0.2) is 4.98 Å². The highest BCUT2D eigenvalue weighted by Gasteiger charge is 2.74. The molecule has 3 aliphatic rings. The van der Waals surface area contributed by atoms with Crippen molar-refractivity contribution in [2.24, 2.45) is 5.92 Å². The first-order valence-corrected chi connectivity index (χ1v) is 7.19. The Bertz CT molecular complexity index is 542. The lowest BCUT2D eigenvalue weighted by molar-refractivity contribution is 0.178. The van der Waals surface area contributed by atoms with E-state index in [2.05, 4.69) is 17.1 Å². The molecule has 3 atom stereocenters. The summed E-state index contributed by atoms with van der Waals surface area (Å²) in [4.78, 5) is 3.97. The van der Waals surface area contributed by atoms with Crippen LogP contribution in [0.4, 0.5) is 0 Å². The number of hydrogen-bond acceptors (Lipinski definition) is 4. The Hall–Kier alpha value is -1.20. The van der Waals surface area contributed by atoms with Crippen LogP contribution in [-0.4, -0.2) is 32.5 Å². The van der Waals surface area contributed by atoms with E-state index < -0.39 is 0 Å². The molecule has 2 aliphatic carbocycles. The SMILES string of the molecule is S=C(OCC12CC=CC3CCCC31O2)n1ccnc1. The van der Waals surface area contributed by atoms with E-state index in [1.807, 2.05) is 0 Å². The summed E-state index contributed by atoms with van der Waals surface area (Å²) in [7, 11) is 0. The van der Waals surface area contributed by atoms with E-state index in [9.17, 15) is 0 Å². The summed E-state index contributed by atoms with van der Waals surface area (Å²) in [5, 5.41) is 0.446. The van der Waals surface area contributed by atoms with Crippen LogP contribution in [0.1, 0.15) is 25.7 Å². The number of imidazole rings is 1. The topological polar surface area (TPSA) is 39.6 Å². The zero-order valence-electron chi connectivity index (χ0n) is 10.6. The van der Waals surface area contributed by atoms with Crippen molar-refractivity contribution in [1.82, 2.24) is 9.55 Å². The van der Waals surface area contributed by atoms with Crippen molar-refractivity contribution in [3.8, 4) is 0 Å². The van der Waals surface area contributed by atoms with Crippen LogP contribution in [0, 0.1) is 5.92 Å². The summed E-state index contributed by atoms with van der Waals surface area (Å²) in [5.41, 5.74) is -0.0835. The van der Waals surface area contributed by atoms with E-state index >= 15 is 0 Å². The standard InChI is InChI=1S/C14H16N2O2S/c19-12(16-8-7-15-10-16)17-9-13-5-1-3-11-4-2-6-14(11,13)18-13/h1,3,7-8,10-11H,2,4-6,9H2. The third kappa shape index (κ3) is 1.55. The van der Waals surface area contributed by atoms with Crippen LogP contribution in [0.5, 0.6) is 0 Å². The van der Waals surface area contributed by atoms with Gasteiger partial charge in [-0.2, -0.15) is 0 Å². The number of rotatable bonds is 2. The van der Waals surface area contributed by atoms with Gasteiger partial charge in [-0.3, -0.25) is 4.57 Å². The molecular weight excluding hydrogens is 260 g/mol. The number of hydrogen-bond donors (Lipinski definition) is 0. The first-order chi connectivity index (χ1) is 9.26. The van der Waals surface area contributed by atoms with Gasteiger partial charge in [0.1, 0.15) is 24.1 Å². The van der Waals surface area contributed by atoms with Gasteiger partial charge in [-0.15, -0.1) is 0 Å². The van der Waals surface area contributed by atoms with Crippen LogP contribution in [-0.2, 0) is 9.47 Å². The summed E-state index contributed by atoms with van der Waals surface area (Å²) in [6.45, 7) is 0.546. The van der Waals surface area contributed by atoms with Crippen molar-refractivity contribution in [2.45, 2.75) is 36.9 Å². The lowest BCUT2D eigenvalue weighted by Gasteiger charge is -2.23. The minimum atomic E-state index is -0.131. The maximum Gasteiger partial charge on any atom is 0.269 e. The fourth-order valence-electron chi connectivity index (χ4n) is 3.74. The highest BCUT2D eigenvalue weighted by molar-refractivity contribution is 7.80. The summed E-state index contributed by atoms with van der Waals surface area (Å²) in [6.07, 6.45) is 14.3. The molecule has 0 amide bonds. The number of aromatic nitrogens is 2. The van der Waals surface area contributed by atoms with Crippen molar-refractivity contribution in [2.75, 3.05) is 6.61 Å². The Balaban J connectivity index is 1.47. The molecule has 1 saturated heterocycles. The van der Waals surface area contributed by atoms with Gasteiger partial charge in [0.25, 0.3) is 5.17 Å². The van der Waals surface area contributed by atoms with Crippen molar-refractivity contribution < 1.29 is 9.47 Å². The third-order valence-electron chi connectivity index (χ3n) is 4.73. The van der Waals surface area contributed by atoms with Crippen LogP contribution >= 0.6 is 12.2 Å². The molecule has 0 bridgehead atoms. The van der Waals surface area contributed by atoms with Gasteiger partial charge in [0.05, 0.1) is 0 Å². The lowest BCUT2D eigenvalue weighted by Crippen LogP contribution is -2.36. The molecule has 2 fully saturated rings. The molecule has 1 spiro atoms. The Morgan fingerprint density at radius 3 is 3.37 bits per heavy atom. The van der Waals surface area contributed by atoms with Crippen molar-refractivity contribution in [1.29, 1.82) is 0 Å². The molecule has 2 heterocycles. The van der Waals surface area contributed by atoms with Crippen LogP contribution in [0.25, 0.3) is 0 Å². The summed E-state index contributed by atoms with van der Waals surface area (Å²) in [5.74, 6) is 0.576. The molecule has 100 valence electrons. The predicted molar refractivity (Wildman–Crippen MR) is 73.8 cm³/mol. The van der Waals surface area contributed by atoms with Gasteiger partial charge in [-0.05, 0) is 31.5 Å². The average Bonchev–Trinajstić information content (AvgIpc) is 2.80. The minimum absolute atomic E-state index is 0.0479. The van der Waals surface area contributed by atoms with E-state index in [1.165, 1.54) is 12.8 Å². The smallest absolute Gasteiger partial charge is 0.269 e. The fraction of sp³-hybridized carbons (Fsp3) is 0.571. The molecule has 4 rings (SSSR count). The molecule has 4 nitrogen and oxygen atoms in total. The summed E-state index contributed by atoms with van der Waals surface area (Å²) in [6, 6.07) is 0. The summed E-state index contributed by atoms with van der Waals surface area (Å²) < 4.78 is 13.7. The molecule has 1 aromatic heterocycles. The molecule has 0 N–H and O–H groups in total. The maximum atomic E-state index is 6.17. The number of nitrogens with zero attached hydrogens (tertiary/aromatic N) is 2. The van der Waals surface area contributed by atoms with Gasteiger partial charge in [0.2, 0.25) is 0 Å². The predicted octanol–water partition coefficient (Wildman–Crippen LogP) is 2.30. The Labute approximate surface area is 117 Å². The van der Waals surface area contributed by atoms with Crippen molar-refractivity contribution in [3.05, 3.63) is 30.9 Å². The fourth-order valence-corrected chi connectivity index (χ4v) is 3.90.